The summed E-state index contributed by atoms with van der Waals surface area (Å²) in [7, 11) is 0. The Hall–Kier alpha value is -2.06. The summed E-state index contributed by atoms with van der Waals surface area (Å²) < 4.78 is 7.65. The van der Waals surface area contributed by atoms with Crippen molar-refractivity contribution in [1.29, 1.82) is 0 Å². The summed E-state index contributed by atoms with van der Waals surface area (Å²) in [6, 6.07) is 17.8. The summed E-state index contributed by atoms with van der Waals surface area (Å²) in [5, 5.41) is 2.94. The van der Waals surface area contributed by atoms with Crippen LogP contribution in [0.4, 0.5) is 10.5 Å². The predicted molar refractivity (Wildman–Crippen MR) is 130 cm³/mol. The molecule has 158 valence electrons. The van der Waals surface area contributed by atoms with E-state index in [1.807, 2.05) is 42.5 Å². The van der Waals surface area contributed by atoms with Crippen molar-refractivity contribution in [3.05, 3.63) is 65.7 Å². The molecule has 4 rings (SSSR count). The van der Waals surface area contributed by atoms with Gasteiger partial charge in [-0.3, -0.25) is 8.01 Å². The molecule has 2 amide bonds. The van der Waals surface area contributed by atoms with E-state index in [1.165, 1.54) is 24.0 Å². The highest BCUT2D eigenvalue weighted by Crippen LogP contribution is 2.27. The minimum absolute atomic E-state index is 0.0521. The quantitative estimate of drug-likeness (QED) is 0.410. The summed E-state index contributed by atoms with van der Waals surface area (Å²) >= 11 is 2.12. The van der Waals surface area contributed by atoms with E-state index in [2.05, 4.69) is 51.3 Å². The molecule has 2 heterocycles. The molecule has 30 heavy (non-hydrogen) atoms. The van der Waals surface area contributed by atoms with Crippen LogP contribution in [0.3, 0.4) is 0 Å². The summed E-state index contributed by atoms with van der Waals surface area (Å²) in [5.41, 5.74) is 3.37. The Balaban J connectivity index is 1.18. The molecule has 2 aromatic carbocycles. The van der Waals surface area contributed by atoms with Crippen LogP contribution in [0.1, 0.15) is 24.8 Å². The molecule has 2 aromatic rings. The van der Waals surface area contributed by atoms with Gasteiger partial charge in [0, 0.05) is 24.3 Å². The van der Waals surface area contributed by atoms with Gasteiger partial charge in [0.2, 0.25) is 0 Å². The van der Waals surface area contributed by atoms with Gasteiger partial charge in [-0.25, -0.2) is 4.79 Å². The number of nitrogens with one attached hydrogen (secondary N) is 1. The summed E-state index contributed by atoms with van der Waals surface area (Å²) in [4.78, 5) is 14.9. The van der Waals surface area contributed by atoms with Crippen molar-refractivity contribution >= 4 is 40.7 Å². The van der Waals surface area contributed by atoms with Crippen LogP contribution in [-0.2, 0) is 0 Å². The lowest BCUT2D eigenvalue weighted by molar-refractivity contribution is 0.182. The lowest BCUT2D eigenvalue weighted by Gasteiger charge is -2.33. The molecule has 0 unspecified atom stereocenters. The van der Waals surface area contributed by atoms with Crippen LogP contribution in [0.15, 0.2) is 60.2 Å². The lowest BCUT2D eigenvalue weighted by Crippen LogP contribution is -2.37. The van der Waals surface area contributed by atoms with E-state index in [0.29, 0.717) is 12.5 Å². The number of halogens is 1. The smallest absolute Gasteiger partial charge is 0.330 e. The first kappa shape index (κ1) is 21.2. The van der Waals surface area contributed by atoms with E-state index in [4.69, 9.17) is 4.74 Å². The first-order valence-electron chi connectivity index (χ1n) is 10.6. The number of urea groups is 1. The first-order valence-corrected chi connectivity index (χ1v) is 11.6. The molecule has 0 atom stereocenters. The summed E-state index contributed by atoms with van der Waals surface area (Å²) in [5.74, 6) is 1.67. The zero-order valence-electron chi connectivity index (χ0n) is 17.1. The number of amides is 2. The SMILES string of the molecule is O=C(Nc1ccccc1)N(I)CCC1CCN(CC2=Cc3ccccc3OC2)CC1. The minimum atomic E-state index is -0.0521. The number of rotatable bonds is 6. The molecular weight excluding hydrogens is 489 g/mol. The average molecular weight is 517 g/mol. The van der Waals surface area contributed by atoms with E-state index in [0.717, 1.165) is 44.0 Å². The monoisotopic (exact) mass is 517 g/mol. The molecule has 1 N–H and O–H groups in total. The van der Waals surface area contributed by atoms with Crippen molar-refractivity contribution in [2.75, 3.05) is 38.1 Å². The van der Waals surface area contributed by atoms with Crippen molar-refractivity contribution in [3.63, 3.8) is 0 Å². The molecule has 1 fully saturated rings. The van der Waals surface area contributed by atoms with Crippen LogP contribution in [-0.4, -0.2) is 46.8 Å². The number of likely N-dealkylation sites (tertiary alicyclic amines) is 1. The fourth-order valence-electron chi connectivity index (χ4n) is 4.08. The molecule has 0 radical (unpaired) electrons. The van der Waals surface area contributed by atoms with Gasteiger partial charge >= 0.3 is 6.03 Å². The maximum Gasteiger partial charge on any atom is 0.330 e. The fourth-order valence-corrected chi connectivity index (χ4v) is 4.48. The Labute approximate surface area is 192 Å². The Morgan fingerprint density at radius 3 is 2.63 bits per heavy atom. The van der Waals surface area contributed by atoms with Gasteiger partial charge < -0.3 is 10.1 Å². The number of benzene rings is 2. The highest BCUT2D eigenvalue weighted by atomic mass is 127. The van der Waals surface area contributed by atoms with Crippen molar-refractivity contribution in [1.82, 2.24) is 8.01 Å². The molecule has 0 aromatic heterocycles. The maximum atomic E-state index is 12.3. The third-order valence-electron chi connectivity index (χ3n) is 5.80. The van der Waals surface area contributed by atoms with E-state index < -0.39 is 0 Å². The van der Waals surface area contributed by atoms with Crippen LogP contribution < -0.4 is 10.1 Å². The Morgan fingerprint density at radius 1 is 1.10 bits per heavy atom. The number of carbonyl (C=O) groups excluding carboxylic acids is 1. The van der Waals surface area contributed by atoms with Crippen molar-refractivity contribution in [2.24, 2.45) is 5.92 Å². The number of hydrogen-bond donors (Lipinski definition) is 1. The van der Waals surface area contributed by atoms with Gasteiger partial charge in [0.05, 0.1) is 22.9 Å². The Kier molecular flexibility index (Phi) is 7.28. The second-order valence-electron chi connectivity index (χ2n) is 8.02. The number of anilines is 1. The third-order valence-corrected chi connectivity index (χ3v) is 6.73. The standard InChI is InChI=1S/C24H28IN3O2/c25-28(24(29)26-22-7-2-1-3-8-22)15-12-19-10-13-27(14-11-19)17-20-16-21-6-4-5-9-23(21)30-18-20/h1-9,16,19H,10-15,17-18H2,(H,26,29). The van der Waals surface area contributed by atoms with E-state index in [-0.39, 0.29) is 6.03 Å². The van der Waals surface area contributed by atoms with Crippen molar-refractivity contribution in [3.8, 4) is 5.75 Å². The van der Waals surface area contributed by atoms with Gasteiger partial charge in [-0.15, -0.1) is 0 Å². The minimum Gasteiger partial charge on any atom is -0.489 e. The van der Waals surface area contributed by atoms with Crippen molar-refractivity contribution < 1.29 is 9.53 Å². The number of nitrogens with zero attached hydrogens (tertiary/aromatic N) is 2. The summed E-state index contributed by atoms with van der Waals surface area (Å²) in [6.07, 6.45) is 5.72. The fraction of sp³-hybridized carbons (Fsp3) is 0.375. The topological polar surface area (TPSA) is 44.8 Å². The second-order valence-corrected chi connectivity index (χ2v) is 9.18. The molecule has 0 aliphatic carbocycles. The van der Waals surface area contributed by atoms with Crippen LogP contribution >= 0.6 is 22.9 Å². The van der Waals surface area contributed by atoms with Gasteiger partial charge in [-0.1, -0.05) is 36.4 Å². The lowest BCUT2D eigenvalue weighted by atomic mass is 9.93. The second kappa shape index (κ2) is 10.3. The van der Waals surface area contributed by atoms with Crippen LogP contribution in [0, 0.1) is 5.92 Å². The van der Waals surface area contributed by atoms with Crippen LogP contribution in [0.25, 0.3) is 6.08 Å². The van der Waals surface area contributed by atoms with Gasteiger partial charge in [0.15, 0.2) is 0 Å². The Bertz CT molecular complexity index is 879. The molecule has 0 spiro atoms. The number of hydrogen-bond acceptors (Lipinski definition) is 3. The largest absolute Gasteiger partial charge is 0.489 e. The number of carbonyl (C=O) groups is 1. The molecule has 1 saturated heterocycles. The van der Waals surface area contributed by atoms with Crippen LogP contribution in [0.5, 0.6) is 5.75 Å². The summed E-state index contributed by atoms with van der Waals surface area (Å²) in [6.45, 7) is 4.68. The normalized spacial score (nSPS) is 16.9. The molecule has 5 nitrogen and oxygen atoms in total. The van der Waals surface area contributed by atoms with Gasteiger partial charge in [0.1, 0.15) is 12.4 Å². The molecule has 6 heteroatoms. The highest BCUT2D eigenvalue weighted by Gasteiger charge is 2.22. The highest BCUT2D eigenvalue weighted by molar-refractivity contribution is 14.1. The number of para-hydroxylation sites is 2. The van der Waals surface area contributed by atoms with Gasteiger partial charge in [0.25, 0.3) is 0 Å². The molecular formula is C24H28IN3O2. The average Bonchev–Trinajstić information content (AvgIpc) is 2.79. The van der Waals surface area contributed by atoms with E-state index in [1.54, 1.807) is 3.11 Å². The number of piperidine rings is 1. The van der Waals surface area contributed by atoms with Gasteiger partial charge in [-0.05, 0) is 68.1 Å². The number of fused-ring (bicyclic) bond motifs is 1. The molecule has 2 aliphatic heterocycles. The molecule has 2 aliphatic rings. The van der Waals surface area contributed by atoms with E-state index >= 15 is 0 Å². The number of ether oxygens (including phenoxy) is 1. The third kappa shape index (κ3) is 5.76. The van der Waals surface area contributed by atoms with Crippen molar-refractivity contribution in [2.45, 2.75) is 19.3 Å². The predicted octanol–water partition coefficient (Wildman–Crippen LogP) is 5.45. The molecule has 0 saturated carbocycles. The maximum absolute atomic E-state index is 12.3. The Morgan fingerprint density at radius 2 is 1.83 bits per heavy atom. The zero-order chi connectivity index (χ0) is 20.8. The van der Waals surface area contributed by atoms with E-state index in [9.17, 15) is 4.79 Å². The zero-order valence-corrected chi connectivity index (χ0v) is 19.3. The molecule has 0 bridgehead atoms. The van der Waals surface area contributed by atoms with Crippen LogP contribution in [0.2, 0.25) is 0 Å². The first-order chi connectivity index (χ1) is 14.7. The van der Waals surface area contributed by atoms with Gasteiger partial charge in [-0.2, -0.15) is 0 Å².